The number of aromatic nitrogens is 3. The Morgan fingerprint density at radius 1 is 1.19 bits per heavy atom. The van der Waals surface area contributed by atoms with Gasteiger partial charge in [0.2, 0.25) is 11.8 Å². The van der Waals surface area contributed by atoms with Crippen LogP contribution in [0.15, 0.2) is 59.1 Å². The highest BCUT2D eigenvalue weighted by molar-refractivity contribution is 5.81. The SMILES string of the molecule is Cc1nc2ccccc2n1CC(=O)N1CCCC1c1ncc(Cc2ccc(F)cc2)o1. The van der Waals surface area contributed by atoms with Crippen LogP contribution in [0, 0.1) is 12.7 Å². The van der Waals surface area contributed by atoms with Gasteiger partial charge in [0.25, 0.3) is 0 Å². The van der Waals surface area contributed by atoms with Crippen LogP contribution >= 0.6 is 0 Å². The van der Waals surface area contributed by atoms with E-state index in [1.165, 1.54) is 12.1 Å². The number of nitrogens with zero attached hydrogens (tertiary/aromatic N) is 4. The van der Waals surface area contributed by atoms with Crippen LogP contribution in [0.25, 0.3) is 11.0 Å². The number of rotatable bonds is 5. The number of benzene rings is 2. The van der Waals surface area contributed by atoms with Crippen molar-refractivity contribution in [2.75, 3.05) is 6.54 Å². The number of imidazole rings is 1. The van der Waals surface area contributed by atoms with Gasteiger partial charge in [-0.1, -0.05) is 24.3 Å². The highest BCUT2D eigenvalue weighted by Crippen LogP contribution is 2.32. The summed E-state index contributed by atoms with van der Waals surface area (Å²) in [6.45, 7) is 2.85. The molecule has 1 saturated heterocycles. The Hall–Kier alpha value is -3.48. The third kappa shape index (κ3) is 3.83. The van der Waals surface area contributed by atoms with Crippen molar-refractivity contribution in [2.24, 2.45) is 0 Å². The lowest BCUT2D eigenvalue weighted by Gasteiger charge is -2.23. The van der Waals surface area contributed by atoms with E-state index in [-0.39, 0.29) is 24.3 Å². The fourth-order valence-corrected chi connectivity index (χ4v) is 4.31. The molecule has 31 heavy (non-hydrogen) atoms. The van der Waals surface area contributed by atoms with Gasteiger partial charge in [0.15, 0.2) is 0 Å². The normalized spacial score (nSPS) is 16.3. The Labute approximate surface area is 179 Å². The molecule has 1 amide bonds. The summed E-state index contributed by atoms with van der Waals surface area (Å²) < 4.78 is 21.1. The molecule has 5 rings (SSSR count). The van der Waals surface area contributed by atoms with Crippen LogP contribution < -0.4 is 0 Å². The van der Waals surface area contributed by atoms with E-state index in [9.17, 15) is 9.18 Å². The van der Waals surface area contributed by atoms with Gasteiger partial charge in [-0.3, -0.25) is 4.79 Å². The largest absolute Gasteiger partial charge is 0.443 e. The van der Waals surface area contributed by atoms with Crippen molar-refractivity contribution < 1.29 is 13.6 Å². The van der Waals surface area contributed by atoms with Gasteiger partial charge in [0.05, 0.1) is 17.2 Å². The van der Waals surface area contributed by atoms with Crippen LogP contribution in [0.5, 0.6) is 0 Å². The highest BCUT2D eigenvalue weighted by atomic mass is 19.1. The quantitative estimate of drug-likeness (QED) is 0.481. The fraction of sp³-hybridized carbons (Fsp3) is 0.292. The molecule has 6 nitrogen and oxygen atoms in total. The summed E-state index contributed by atoms with van der Waals surface area (Å²) in [7, 11) is 0. The van der Waals surface area contributed by atoms with Gasteiger partial charge in [-0.05, 0) is 49.6 Å². The molecule has 0 radical (unpaired) electrons. The Morgan fingerprint density at radius 2 is 2.00 bits per heavy atom. The van der Waals surface area contributed by atoms with E-state index < -0.39 is 0 Å². The Balaban J connectivity index is 1.32. The van der Waals surface area contributed by atoms with Gasteiger partial charge in [-0.25, -0.2) is 14.4 Å². The summed E-state index contributed by atoms with van der Waals surface area (Å²) in [4.78, 5) is 24.1. The van der Waals surface area contributed by atoms with E-state index in [1.807, 2.05) is 40.7 Å². The maximum atomic E-state index is 13.2. The molecule has 2 aromatic carbocycles. The van der Waals surface area contributed by atoms with Gasteiger partial charge in [-0.15, -0.1) is 0 Å². The van der Waals surface area contributed by atoms with Gasteiger partial charge in [0, 0.05) is 13.0 Å². The number of aryl methyl sites for hydroxylation is 1. The molecule has 158 valence electrons. The highest BCUT2D eigenvalue weighted by Gasteiger charge is 2.33. The van der Waals surface area contributed by atoms with Crippen LogP contribution in [-0.2, 0) is 17.8 Å². The summed E-state index contributed by atoms with van der Waals surface area (Å²) in [5.74, 6) is 1.87. The zero-order chi connectivity index (χ0) is 21.4. The number of halogens is 1. The molecule has 0 N–H and O–H groups in total. The number of carbonyl (C=O) groups excluding carboxylic acids is 1. The van der Waals surface area contributed by atoms with Crippen LogP contribution in [-0.4, -0.2) is 31.9 Å². The Morgan fingerprint density at radius 3 is 2.84 bits per heavy atom. The summed E-state index contributed by atoms with van der Waals surface area (Å²) >= 11 is 0. The number of carbonyl (C=O) groups is 1. The van der Waals surface area contributed by atoms with Crippen molar-refractivity contribution in [3.8, 4) is 0 Å². The van der Waals surface area contributed by atoms with Crippen molar-refractivity contribution in [2.45, 2.75) is 38.8 Å². The third-order valence-corrected chi connectivity index (χ3v) is 5.86. The molecule has 4 aromatic rings. The number of amides is 1. The molecule has 0 saturated carbocycles. The summed E-state index contributed by atoms with van der Waals surface area (Å²) in [6, 6.07) is 14.0. The number of para-hydroxylation sites is 2. The van der Waals surface area contributed by atoms with Crippen molar-refractivity contribution in [1.29, 1.82) is 0 Å². The summed E-state index contributed by atoms with van der Waals surface area (Å²) in [5.41, 5.74) is 2.80. The molecule has 3 heterocycles. The fourth-order valence-electron chi connectivity index (χ4n) is 4.31. The molecule has 0 spiro atoms. The zero-order valence-corrected chi connectivity index (χ0v) is 17.3. The van der Waals surface area contributed by atoms with Gasteiger partial charge >= 0.3 is 0 Å². The van der Waals surface area contributed by atoms with Crippen molar-refractivity contribution in [3.63, 3.8) is 0 Å². The minimum absolute atomic E-state index is 0.0343. The van der Waals surface area contributed by atoms with Crippen LogP contribution in [0.2, 0.25) is 0 Å². The van der Waals surface area contributed by atoms with Crippen LogP contribution in [0.3, 0.4) is 0 Å². The predicted octanol–water partition coefficient (Wildman–Crippen LogP) is 4.43. The second kappa shape index (κ2) is 7.98. The van der Waals surface area contributed by atoms with E-state index >= 15 is 0 Å². The number of fused-ring (bicyclic) bond motifs is 1. The molecule has 1 aliphatic heterocycles. The lowest BCUT2D eigenvalue weighted by Crippen LogP contribution is -2.33. The molecule has 1 atom stereocenters. The average Bonchev–Trinajstić information content (AvgIpc) is 3.49. The molecule has 7 heteroatoms. The van der Waals surface area contributed by atoms with E-state index in [1.54, 1.807) is 18.3 Å². The topological polar surface area (TPSA) is 64.2 Å². The van der Waals surface area contributed by atoms with Gasteiger partial charge < -0.3 is 13.9 Å². The maximum absolute atomic E-state index is 13.2. The minimum Gasteiger partial charge on any atom is -0.443 e. The molecular formula is C24H23FN4O2. The summed E-state index contributed by atoms with van der Waals surface area (Å²) in [6.07, 6.45) is 3.98. The van der Waals surface area contributed by atoms with E-state index in [0.29, 0.717) is 24.6 Å². The molecule has 1 fully saturated rings. The Kier molecular flexibility index (Phi) is 5.02. The third-order valence-electron chi connectivity index (χ3n) is 5.86. The van der Waals surface area contributed by atoms with Gasteiger partial charge in [0.1, 0.15) is 30.0 Å². The first-order chi connectivity index (χ1) is 15.1. The second-order valence-corrected chi connectivity index (χ2v) is 7.95. The van der Waals surface area contributed by atoms with Crippen LogP contribution in [0.1, 0.15) is 41.9 Å². The Bertz CT molecular complexity index is 1230. The van der Waals surface area contributed by atoms with Crippen LogP contribution in [0.4, 0.5) is 4.39 Å². The first-order valence-corrected chi connectivity index (χ1v) is 10.5. The molecule has 0 aliphatic carbocycles. The zero-order valence-electron chi connectivity index (χ0n) is 17.3. The molecular weight excluding hydrogens is 395 g/mol. The minimum atomic E-state index is -0.261. The number of oxazole rings is 1. The number of hydrogen-bond donors (Lipinski definition) is 0. The first kappa shape index (κ1) is 19.5. The monoisotopic (exact) mass is 418 g/mol. The lowest BCUT2D eigenvalue weighted by atomic mass is 10.1. The van der Waals surface area contributed by atoms with Crippen molar-refractivity contribution >= 4 is 16.9 Å². The predicted molar refractivity (Wildman–Crippen MR) is 114 cm³/mol. The molecule has 2 aromatic heterocycles. The van der Waals surface area contributed by atoms with E-state index in [4.69, 9.17) is 4.42 Å². The lowest BCUT2D eigenvalue weighted by molar-refractivity contribution is -0.133. The van der Waals surface area contributed by atoms with Crippen molar-refractivity contribution in [3.05, 3.63) is 83.6 Å². The standard InChI is InChI=1S/C24H23FN4O2/c1-16-27-20-5-2-3-6-21(20)29(16)15-23(30)28-12-4-7-22(28)24-26-14-19(31-24)13-17-8-10-18(25)11-9-17/h2-3,5-6,8-11,14,22H,4,7,12-13,15H2,1H3. The molecule has 0 bridgehead atoms. The number of likely N-dealkylation sites (tertiary alicyclic amines) is 1. The number of hydrogen-bond acceptors (Lipinski definition) is 4. The van der Waals surface area contributed by atoms with E-state index in [2.05, 4.69) is 9.97 Å². The smallest absolute Gasteiger partial charge is 0.243 e. The average molecular weight is 418 g/mol. The maximum Gasteiger partial charge on any atom is 0.243 e. The summed E-state index contributed by atoms with van der Waals surface area (Å²) in [5, 5.41) is 0. The molecule has 1 aliphatic rings. The first-order valence-electron chi connectivity index (χ1n) is 10.5. The van der Waals surface area contributed by atoms with Crippen molar-refractivity contribution in [1.82, 2.24) is 19.4 Å². The van der Waals surface area contributed by atoms with Gasteiger partial charge in [-0.2, -0.15) is 0 Å². The second-order valence-electron chi connectivity index (χ2n) is 7.95. The molecule has 1 unspecified atom stereocenters. The van der Waals surface area contributed by atoms with E-state index in [0.717, 1.165) is 35.3 Å².